The van der Waals surface area contributed by atoms with Gasteiger partial charge in [-0.3, -0.25) is 4.79 Å². The van der Waals surface area contributed by atoms with Crippen LogP contribution in [0.15, 0.2) is 0 Å². The number of ketones is 1. The van der Waals surface area contributed by atoms with Crippen LogP contribution < -0.4 is 5.32 Å². The summed E-state index contributed by atoms with van der Waals surface area (Å²) in [7, 11) is 0. The minimum Gasteiger partial charge on any atom is -0.394 e. The summed E-state index contributed by atoms with van der Waals surface area (Å²) in [5.41, 5.74) is 0. The van der Waals surface area contributed by atoms with Crippen molar-refractivity contribution in [3.05, 3.63) is 0 Å². The van der Waals surface area contributed by atoms with E-state index in [0.29, 0.717) is 0 Å². The molecule has 0 aliphatic heterocycles. The first kappa shape index (κ1) is 14.5. The monoisotopic (exact) mass is 221 g/mol. The highest BCUT2D eigenvalue weighted by atomic mass is 16.4. The SMILES string of the molecule is CC(C)NCC(=O)C(O)C(O)C(O)CO. The molecule has 0 aromatic carbocycles. The van der Waals surface area contributed by atoms with Gasteiger partial charge < -0.3 is 25.7 Å². The van der Waals surface area contributed by atoms with Gasteiger partial charge in [-0.2, -0.15) is 0 Å². The molecule has 0 radical (unpaired) electrons. The summed E-state index contributed by atoms with van der Waals surface area (Å²) in [6.07, 6.45) is -4.85. The fraction of sp³-hybridized carbons (Fsp3) is 0.889. The van der Waals surface area contributed by atoms with Gasteiger partial charge >= 0.3 is 0 Å². The van der Waals surface area contributed by atoms with Crippen LogP contribution in [0.5, 0.6) is 0 Å². The van der Waals surface area contributed by atoms with Crippen molar-refractivity contribution in [2.24, 2.45) is 0 Å². The molecule has 6 heteroatoms. The molecule has 3 atom stereocenters. The van der Waals surface area contributed by atoms with Crippen molar-refractivity contribution in [1.29, 1.82) is 0 Å². The van der Waals surface area contributed by atoms with Gasteiger partial charge in [-0.05, 0) is 0 Å². The molecule has 0 aromatic rings. The molecular weight excluding hydrogens is 202 g/mol. The Morgan fingerprint density at radius 1 is 1.27 bits per heavy atom. The van der Waals surface area contributed by atoms with Crippen molar-refractivity contribution in [2.75, 3.05) is 13.2 Å². The minimum absolute atomic E-state index is 0.0843. The highest BCUT2D eigenvalue weighted by Gasteiger charge is 2.29. The molecule has 0 amide bonds. The maximum absolute atomic E-state index is 11.2. The number of rotatable bonds is 7. The minimum atomic E-state index is -1.68. The molecule has 15 heavy (non-hydrogen) atoms. The smallest absolute Gasteiger partial charge is 0.177 e. The molecule has 0 heterocycles. The lowest BCUT2D eigenvalue weighted by Gasteiger charge is -2.20. The first-order chi connectivity index (χ1) is 6.90. The van der Waals surface area contributed by atoms with Crippen LogP contribution in [-0.4, -0.2) is 63.7 Å². The summed E-state index contributed by atoms with van der Waals surface area (Å²) in [4.78, 5) is 11.2. The van der Waals surface area contributed by atoms with E-state index >= 15 is 0 Å². The van der Waals surface area contributed by atoms with Gasteiger partial charge in [-0.25, -0.2) is 0 Å². The molecule has 0 fully saturated rings. The normalized spacial score (nSPS) is 17.5. The molecule has 0 saturated carbocycles. The molecule has 0 aromatic heterocycles. The Kier molecular flexibility index (Phi) is 6.62. The number of carbonyl (C=O) groups excluding carboxylic acids is 1. The molecule has 0 aliphatic carbocycles. The maximum Gasteiger partial charge on any atom is 0.177 e. The fourth-order valence-electron chi connectivity index (χ4n) is 0.918. The van der Waals surface area contributed by atoms with Gasteiger partial charge in [0.25, 0.3) is 0 Å². The van der Waals surface area contributed by atoms with Crippen LogP contribution >= 0.6 is 0 Å². The topological polar surface area (TPSA) is 110 Å². The number of Topliss-reactive ketones (excluding diaryl/α,β-unsaturated/α-hetero) is 1. The summed E-state index contributed by atoms with van der Waals surface area (Å²) in [6.45, 7) is 2.87. The Hall–Kier alpha value is -0.530. The molecular formula is C9H19NO5. The van der Waals surface area contributed by atoms with Crippen molar-refractivity contribution in [3.63, 3.8) is 0 Å². The van der Waals surface area contributed by atoms with Crippen LogP contribution in [0.25, 0.3) is 0 Å². The van der Waals surface area contributed by atoms with Gasteiger partial charge in [-0.15, -0.1) is 0 Å². The molecule has 3 unspecified atom stereocenters. The van der Waals surface area contributed by atoms with Gasteiger partial charge in [0.1, 0.15) is 18.3 Å². The highest BCUT2D eigenvalue weighted by Crippen LogP contribution is 2.01. The van der Waals surface area contributed by atoms with E-state index in [9.17, 15) is 15.0 Å². The van der Waals surface area contributed by atoms with E-state index in [2.05, 4.69) is 5.32 Å². The average molecular weight is 221 g/mol. The molecule has 5 N–H and O–H groups in total. The van der Waals surface area contributed by atoms with E-state index in [1.54, 1.807) is 0 Å². The fourth-order valence-corrected chi connectivity index (χ4v) is 0.918. The average Bonchev–Trinajstić information content (AvgIpc) is 2.22. The summed E-state index contributed by atoms with van der Waals surface area (Å²) < 4.78 is 0. The van der Waals surface area contributed by atoms with Crippen LogP contribution in [0, 0.1) is 0 Å². The molecule has 0 aliphatic rings. The molecule has 0 bridgehead atoms. The zero-order chi connectivity index (χ0) is 12.0. The largest absolute Gasteiger partial charge is 0.394 e. The van der Waals surface area contributed by atoms with Crippen LogP contribution in [0.3, 0.4) is 0 Å². The van der Waals surface area contributed by atoms with E-state index in [0.717, 1.165) is 0 Å². The van der Waals surface area contributed by atoms with Gasteiger partial charge in [0, 0.05) is 6.04 Å². The van der Waals surface area contributed by atoms with Crippen molar-refractivity contribution in [1.82, 2.24) is 5.32 Å². The van der Waals surface area contributed by atoms with Crippen molar-refractivity contribution in [2.45, 2.75) is 38.2 Å². The number of hydrogen-bond acceptors (Lipinski definition) is 6. The van der Waals surface area contributed by atoms with E-state index in [1.807, 2.05) is 13.8 Å². The summed E-state index contributed by atoms with van der Waals surface area (Å²) in [5.74, 6) is -0.622. The Morgan fingerprint density at radius 2 is 1.80 bits per heavy atom. The van der Waals surface area contributed by atoms with E-state index in [-0.39, 0.29) is 12.6 Å². The van der Waals surface area contributed by atoms with Gasteiger partial charge in [0.2, 0.25) is 0 Å². The quantitative estimate of drug-likeness (QED) is 0.329. The lowest BCUT2D eigenvalue weighted by atomic mass is 10.0. The predicted molar refractivity (Wildman–Crippen MR) is 53.3 cm³/mol. The lowest BCUT2D eigenvalue weighted by Crippen LogP contribution is -2.47. The van der Waals surface area contributed by atoms with Crippen molar-refractivity contribution in [3.8, 4) is 0 Å². The first-order valence-corrected chi connectivity index (χ1v) is 4.81. The summed E-state index contributed by atoms with van der Waals surface area (Å²) in [6, 6.07) is 0.0843. The van der Waals surface area contributed by atoms with E-state index < -0.39 is 30.7 Å². The van der Waals surface area contributed by atoms with Crippen LogP contribution in [-0.2, 0) is 4.79 Å². The lowest BCUT2D eigenvalue weighted by molar-refractivity contribution is -0.139. The van der Waals surface area contributed by atoms with Gasteiger partial charge in [0.05, 0.1) is 13.2 Å². The Morgan fingerprint density at radius 3 is 2.20 bits per heavy atom. The standard InChI is InChI=1S/C9H19NO5/c1-5(2)10-3-6(12)8(14)9(15)7(13)4-11/h5,7-11,13-15H,3-4H2,1-2H3. The van der Waals surface area contributed by atoms with Crippen molar-refractivity contribution >= 4 is 5.78 Å². The summed E-state index contributed by atoms with van der Waals surface area (Å²) in [5, 5.41) is 38.8. The molecule has 0 saturated heterocycles. The van der Waals surface area contributed by atoms with Crippen molar-refractivity contribution < 1.29 is 25.2 Å². The number of carbonyl (C=O) groups is 1. The number of nitrogens with one attached hydrogen (secondary N) is 1. The maximum atomic E-state index is 11.2. The molecule has 90 valence electrons. The van der Waals surface area contributed by atoms with Crippen LogP contribution in [0.4, 0.5) is 0 Å². The Labute approximate surface area is 88.5 Å². The Bertz CT molecular complexity index is 197. The molecule has 0 rings (SSSR count). The zero-order valence-corrected chi connectivity index (χ0v) is 8.92. The van der Waals surface area contributed by atoms with E-state index in [4.69, 9.17) is 10.2 Å². The summed E-state index contributed by atoms with van der Waals surface area (Å²) >= 11 is 0. The third-order valence-electron chi connectivity index (χ3n) is 1.92. The van der Waals surface area contributed by atoms with Gasteiger partial charge in [-0.1, -0.05) is 13.8 Å². The number of aliphatic hydroxyl groups is 4. The third-order valence-corrected chi connectivity index (χ3v) is 1.92. The van der Waals surface area contributed by atoms with Crippen LogP contribution in [0.1, 0.15) is 13.8 Å². The number of hydrogen-bond donors (Lipinski definition) is 5. The third kappa shape index (κ3) is 5.19. The Balaban J connectivity index is 4.07. The van der Waals surface area contributed by atoms with Gasteiger partial charge in [0.15, 0.2) is 5.78 Å². The zero-order valence-electron chi connectivity index (χ0n) is 8.92. The van der Waals surface area contributed by atoms with E-state index in [1.165, 1.54) is 0 Å². The van der Waals surface area contributed by atoms with Crippen LogP contribution in [0.2, 0.25) is 0 Å². The molecule has 0 spiro atoms. The first-order valence-electron chi connectivity index (χ1n) is 4.81. The number of aliphatic hydroxyl groups excluding tert-OH is 4. The second-order valence-corrected chi connectivity index (χ2v) is 3.69. The molecule has 6 nitrogen and oxygen atoms in total. The second-order valence-electron chi connectivity index (χ2n) is 3.69. The highest BCUT2D eigenvalue weighted by molar-refractivity contribution is 5.85. The second kappa shape index (κ2) is 6.86. The predicted octanol–water partition coefficient (Wildman–Crippen LogP) is -2.37.